The molecule has 7 nitrogen and oxygen atoms in total. The summed E-state index contributed by atoms with van der Waals surface area (Å²) >= 11 is 0. The first-order valence-corrected chi connectivity index (χ1v) is 10.9. The number of ketones is 1. The molecule has 0 heterocycles. The molecule has 0 saturated heterocycles. The van der Waals surface area contributed by atoms with E-state index in [0.29, 0.717) is 23.4 Å². The van der Waals surface area contributed by atoms with Crippen LogP contribution in [-0.2, 0) is 16.6 Å². The molecule has 0 aliphatic heterocycles. The smallest absolute Gasteiger partial charge is 0.261 e. The fourth-order valence-corrected chi connectivity index (χ4v) is 3.86. The average molecular weight is 439 g/mol. The minimum Gasteiger partial charge on any atom is -0.497 e. The first kappa shape index (κ1) is 22.0. The van der Waals surface area contributed by atoms with Gasteiger partial charge in [-0.3, -0.25) is 14.3 Å². The number of Topliss-reactive ketones (excluding diaryl/α,β-unsaturated/α-hetero) is 1. The predicted molar refractivity (Wildman–Crippen MR) is 118 cm³/mol. The maximum Gasteiger partial charge on any atom is 0.261 e. The molecule has 0 aromatic heterocycles. The van der Waals surface area contributed by atoms with Gasteiger partial charge in [0.1, 0.15) is 5.75 Å². The van der Waals surface area contributed by atoms with Crippen LogP contribution in [0.5, 0.6) is 5.75 Å². The van der Waals surface area contributed by atoms with Gasteiger partial charge < -0.3 is 10.1 Å². The molecule has 3 rings (SSSR count). The summed E-state index contributed by atoms with van der Waals surface area (Å²) < 4.78 is 32.6. The van der Waals surface area contributed by atoms with Crippen LogP contribution in [-0.4, -0.2) is 27.2 Å². The second-order valence-corrected chi connectivity index (χ2v) is 8.48. The van der Waals surface area contributed by atoms with Crippen LogP contribution in [0.3, 0.4) is 0 Å². The van der Waals surface area contributed by atoms with Crippen molar-refractivity contribution >= 4 is 27.4 Å². The summed E-state index contributed by atoms with van der Waals surface area (Å²) in [6.45, 7) is 1.77. The molecule has 31 heavy (non-hydrogen) atoms. The lowest BCUT2D eigenvalue weighted by atomic mass is 10.2. The van der Waals surface area contributed by atoms with Gasteiger partial charge in [-0.15, -0.1) is 0 Å². The van der Waals surface area contributed by atoms with Gasteiger partial charge >= 0.3 is 0 Å². The van der Waals surface area contributed by atoms with Gasteiger partial charge in [-0.25, -0.2) is 8.42 Å². The molecule has 0 atom stereocenters. The van der Waals surface area contributed by atoms with Gasteiger partial charge in [0.2, 0.25) is 0 Å². The van der Waals surface area contributed by atoms with Gasteiger partial charge in [0, 0.05) is 23.4 Å². The normalized spacial score (nSPS) is 10.9. The Hall–Kier alpha value is -3.65. The molecule has 0 bridgehead atoms. The summed E-state index contributed by atoms with van der Waals surface area (Å²) in [5.41, 5.74) is 2.09. The van der Waals surface area contributed by atoms with Crippen LogP contribution in [0.2, 0.25) is 0 Å². The Kier molecular flexibility index (Phi) is 6.71. The molecule has 0 aliphatic carbocycles. The van der Waals surface area contributed by atoms with Crippen molar-refractivity contribution in [1.82, 2.24) is 5.32 Å². The van der Waals surface area contributed by atoms with Crippen molar-refractivity contribution < 1.29 is 22.7 Å². The highest BCUT2D eigenvalue weighted by molar-refractivity contribution is 7.92. The van der Waals surface area contributed by atoms with Gasteiger partial charge in [0.25, 0.3) is 15.9 Å². The molecule has 8 heteroatoms. The summed E-state index contributed by atoms with van der Waals surface area (Å²) in [4.78, 5) is 23.7. The van der Waals surface area contributed by atoms with Crippen molar-refractivity contribution in [2.75, 3.05) is 11.8 Å². The van der Waals surface area contributed by atoms with E-state index in [-0.39, 0.29) is 16.6 Å². The van der Waals surface area contributed by atoms with E-state index in [2.05, 4.69) is 10.0 Å². The second kappa shape index (κ2) is 9.44. The van der Waals surface area contributed by atoms with E-state index >= 15 is 0 Å². The lowest BCUT2D eigenvalue weighted by Gasteiger charge is -2.10. The Morgan fingerprint density at radius 3 is 1.97 bits per heavy atom. The molecular weight excluding hydrogens is 416 g/mol. The van der Waals surface area contributed by atoms with Crippen molar-refractivity contribution in [2.24, 2.45) is 0 Å². The van der Waals surface area contributed by atoms with E-state index in [1.54, 1.807) is 19.2 Å². The van der Waals surface area contributed by atoms with Crippen LogP contribution >= 0.6 is 0 Å². The fourth-order valence-electron chi connectivity index (χ4n) is 2.80. The summed E-state index contributed by atoms with van der Waals surface area (Å²) in [7, 11) is -2.22. The Balaban J connectivity index is 1.62. The standard InChI is InChI=1S/C23H22N2O5S/c1-16(26)18-7-13-22(14-8-18)31(28,29)25-20-9-5-19(6-10-20)23(27)24-15-17-3-11-21(30-2)12-4-17/h3-14,25H,15H2,1-2H3,(H,24,27). The number of methoxy groups -OCH3 is 1. The number of amides is 1. The molecule has 0 spiro atoms. The van der Waals surface area contributed by atoms with Crippen LogP contribution < -0.4 is 14.8 Å². The predicted octanol–water partition coefficient (Wildman–Crippen LogP) is 3.63. The fraction of sp³-hybridized carbons (Fsp3) is 0.130. The SMILES string of the molecule is COc1ccc(CNC(=O)c2ccc(NS(=O)(=O)c3ccc(C(C)=O)cc3)cc2)cc1. The first-order valence-electron chi connectivity index (χ1n) is 9.43. The Bertz CT molecular complexity index is 1170. The van der Waals surface area contributed by atoms with Crippen LogP contribution in [0, 0.1) is 0 Å². The third-order valence-electron chi connectivity index (χ3n) is 4.58. The lowest BCUT2D eigenvalue weighted by molar-refractivity contribution is 0.0950. The average Bonchev–Trinajstić information content (AvgIpc) is 2.78. The highest BCUT2D eigenvalue weighted by Crippen LogP contribution is 2.18. The number of benzene rings is 3. The topological polar surface area (TPSA) is 102 Å². The quantitative estimate of drug-likeness (QED) is 0.523. The minimum absolute atomic E-state index is 0.0406. The number of rotatable bonds is 8. The molecule has 3 aromatic rings. The zero-order chi connectivity index (χ0) is 22.4. The minimum atomic E-state index is -3.81. The number of sulfonamides is 1. The van der Waals surface area contributed by atoms with Crippen LogP contribution in [0.4, 0.5) is 5.69 Å². The van der Waals surface area contributed by atoms with Crippen molar-refractivity contribution in [3.05, 3.63) is 89.5 Å². The van der Waals surface area contributed by atoms with Gasteiger partial charge in [-0.2, -0.15) is 0 Å². The van der Waals surface area contributed by atoms with E-state index < -0.39 is 10.0 Å². The molecular formula is C23H22N2O5S. The molecule has 0 saturated carbocycles. The number of carbonyl (C=O) groups excluding carboxylic acids is 2. The van der Waals surface area contributed by atoms with E-state index in [1.165, 1.54) is 43.3 Å². The molecule has 1 amide bonds. The van der Waals surface area contributed by atoms with Crippen molar-refractivity contribution in [1.29, 1.82) is 0 Å². The second-order valence-electron chi connectivity index (χ2n) is 6.79. The van der Waals surface area contributed by atoms with E-state index in [1.807, 2.05) is 24.3 Å². The van der Waals surface area contributed by atoms with Crippen molar-refractivity contribution in [3.8, 4) is 5.75 Å². The third-order valence-corrected chi connectivity index (χ3v) is 5.98. The van der Waals surface area contributed by atoms with E-state index in [4.69, 9.17) is 4.74 Å². The van der Waals surface area contributed by atoms with Crippen molar-refractivity contribution in [3.63, 3.8) is 0 Å². The lowest BCUT2D eigenvalue weighted by Crippen LogP contribution is -2.22. The zero-order valence-corrected chi connectivity index (χ0v) is 17.9. The molecule has 0 unspecified atom stereocenters. The van der Waals surface area contributed by atoms with E-state index in [0.717, 1.165) is 11.3 Å². The third kappa shape index (κ3) is 5.70. The van der Waals surface area contributed by atoms with Gasteiger partial charge in [0.05, 0.1) is 12.0 Å². The molecule has 0 fully saturated rings. The summed E-state index contributed by atoms with van der Waals surface area (Å²) in [6.07, 6.45) is 0. The van der Waals surface area contributed by atoms with Crippen LogP contribution in [0.15, 0.2) is 77.7 Å². The molecule has 0 radical (unpaired) electrons. The number of hydrogen-bond donors (Lipinski definition) is 2. The largest absolute Gasteiger partial charge is 0.497 e. The summed E-state index contributed by atoms with van der Waals surface area (Å²) in [5, 5.41) is 2.81. The molecule has 3 aromatic carbocycles. The number of anilines is 1. The number of carbonyl (C=O) groups is 2. The highest BCUT2D eigenvalue weighted by atomic mass is 32.2. The molecule has 160 valence electrons. The summed E-state index contributed by atoms with van der Waals surface area (Å²) in [6, 6.07) is 19.2. The Morgan fingerprint density at radius 1 is 0.839 bits per heavy atom. The molecule has 0 aliphatic rings. The number of nitrogens with one attached hydrogen (secondary N) is 2. The van der Waals surface area contributed by atoms with Gasteiger partial charge in [-0.05, 0) is 61.0 Å². The van der Waals surface area contributed by atoms with E-state index in [9.17, 15) is 18.0 Å². The van der Waals surface area contributed by atoms with Crippen LogP contribution in [0.25, 0.3) is 0 Å². The van der Waals surface area contributed by atoms with Crippen LogP contribution in [0.1, 0.15) is 33.2 Å². The highest BCUT2D eigenvalue weighted by Gasteiger charge is 2.15. The monoisotopic (exact) mass is 438 g/mol. The number of hydrogen-bond acceptors (Lipinski definition) is 5. The van der Waals surface area contributed by atoms with Gasteiger partial charge in [-0.1, -0.05) is 24.3 Å². The first-order chi connectivity index (χ1) is 14.8. The number of ether oxygens (including phenoxy) is 1. The molecule has 2 N–H and O–H groups in total. The Morgan fingerprint density at radius 2 is 1.42 bits per heavy atom. The van der Waals surface area contributed by atoms with Gasteiger partial charge in [0.15, 0.2) is 5.78 Å². The zero-order valence-electron chi connectivity index (χ0n) is 17.1. The van der Waals surface area contributed by atoms with Crippen molar-refractivity contribution in [2.45, 2.75) is 18.4 Å². The Labute approximate surface area is 181 Å². The summed E-state index contributed by atoms with van der Waals surface area (Å²) in [5.74, 6) is 0.325. The maximum absolute atomic E-state index is 12.5. The maximum atomic E-state index is 12.5.